The number of carbonyl (C=O) groups is 1. The molecule has 1 N–H and O–H groups in total. The number of nitrogens with zero attached hydrogens (tertiary/aromatic N) is 3. The lowest BCUT2D eigenvalue weighted by Crippen LogP contribution is -2.31. The Labute approximate surface area is 177 Å². The van der Waals surface area contributed by atoms with E-state index in [0.29, 0.717) is 9.47 Å². The number of anilines is 2. The van der Waals surface area contributed by atoms with Gasteiger partial charge in [0.2, 0.25) is 11.0 Å². The quantitative estimate of drug-likeness (QED) is 0.519. The monoisotopic (exact) mass is 432 g/mol. The van der Waals surface area contributed by atoms with Gasteiger partial charge in [-0.05, 0) is 48.9 Å². The maximum Gasteiger partial charge on any atom is 0.233 e. The summed E-state index contributed by atoms with van der Waals surface area (Å²) in [5.41, 5.74) is 1.76. The molecule has 1 atom stereocenters. The van der Waals surface area contributed by atoms with Crippen molar-refractivity contribution in [3.8, 4) is 5.75 Å². The molecule has 2 aromatic carbocycles. The van der Waals surface area contributed by atoms with E-state index in [-0.39, 0.29) is 23.5 Å². The molecule has 3 rings (SSSR count). The Bertz CT molecular complexity index is 948. The number of thioether (sulfide) groups is 1. The van der Waals surface area contributed by atoms with E-state index in [1.165, 1.54) is 35.2 Å². The number of halogens is 1. The van der Waals surface area contributed by atoms with Crippen LogP contribution in [0.5, 0.6) is 5.75 Å². The van der Waals surface area contributed by atoms with Crippen LogP contribution in [0.25, 0.3) is 0 Å². The second-order valence-corrected chi connectivity index (χ2v) is 8.45. The van der Waals surface area contributed by atoms with Crippen LogP contribution in [-0.4, -0.2) is 40.9 Å². The van der Waals surface area contributed by atoms with Crippen LogP contribution in [0, 0.1) is 5.82 Å². The van der Waals surface area contributed by atoms with E-state index in [0.717, 1.165) is 17.0 Å². The molecule has 1 heterocycles. The molecule has 9 heteroatoms. The number of aromatic nitrogens is 2. The van der Waals surface area contributed by atoms with E-state index in [9.17, 15) is 9.18 Å². The number of benzene rings is 2. The Morgan fingerprint density at radius 1 is 1.21 bits per heavy atom. The minimum Gasteiger partial charge on any atom is -0.497 e. The standard InChI is InChI=1S/C20H21FN4O2S2/c1-13(14-4-6-15(21)7-5-14)25(2)18(26)12-28-20-24-23-19(29-20)22-16-8-10-17(27-3)11-9-16/h4-11,13H,12H2,1-3H3,(H,22,23). The molecule has 6 nitrogen and oxygen atoms in total. The summed E-state index contributed by atoms with van der Waals surface area (Å²) in [6.07, 6.45) is 0. The summed E-state index contributed by atoms with van der Waals surface area (Å²) in [5, 5.41) is 12.1. The molecular weight excluding hydrogens is 411 g/mol. The SMILES string of the molecule is COc1ccc(Nc2nnc(SCC(=O)N(C)C(C)c3ccc(F)cc3)s2)cc1. The number of ether oxygens (including phenoxy) is 1. The van der Waals surface area contributed by atoms with Crippen molar-refractivity contribution in [3.63, 3.8) is 0 Å². The average Bonchev–Trinajstić information content (AvgIpc) is 3.19. The minimum atomic E-state index is -0.291. The third kappa shape index (κ3) is 5.68. The fourth-order valence-corrected chi connectivity index (χ4v) is 4.22. The van der Waals surface area contributed by atoms with Crippen molar-refractivity contribution in [1.82, 2.24) is 15.1 Å². The highest BCUT2D eigenvalue weighted by atomic mass is 32.2. The van der Waals surface area contributed by atoms with E-state index >= 15 is 0 Å². The molecule has 3 aromatic rings. The van der Waals surface area contributed by atoms with Gasteiger partial charge in [0, 0.05) is 12.7 Å². The first-order valence-electron chi connectivity index (χ1n) is 8.85. The lowest BCUT2D eigenvalue weighted by molar-refractivity contribution is -0.128. The first-order chi connectivity index (χ1) is 14.0. The van der Waals surface area contributed by atoms with Crippen LogP contribution in [0.15, 0.2) is 52.9 Å². The number of methoxy groups -OCH3 is 1. The fourth-order valence-electron chi connectivity index (χ4n) is 2.52. The van der Waals surface area contributed by atoms with Gasteiger partial charge in [0.15, 0.2) is 4.34 Å². The number of hydrogen-bond acceptors (Lipinski definition) is 7. The smallest absolute Gasteiger partial charge is 0.233 e. The molecule has 1 aromatic heterocycles. The summed E-state index contributed by atoms with van der Waals surface area (Å²) in [7, 11) is 3.36. The van der Waals surface area contributed by atoms with Gasteiger partial charge < -0.3 is 15.0 Å². The lowest BCUT2D eigenvalue weighted by atomic mass is 10.1. The van der Waals surface area contributed by atoms with Crippen LogP contribution in [0.2, 0.25) is 0 Å². The van der Waals surface area contributed by atoms with E-state index in [4.69, 9.17) is 4.74 Å². The van der Waals surface area contributed by atoms with Gasteiger partial charge in [0.25, 0.3) is 0 Å². The Morgan fingerprint density at radius 2 is 1.90 bits per heavy atom. The van der Waals surface area contributed by atoms with Crippen molar-refractivity contribution < 1.29 is 13.9 Å². The predicted molar refractivity (Wildman–Crippen MR) is 114 cm³/mol. The Balaban J connectivity index is 1.52. The number of carbonyl (C=O) groups excluding carboxylic acids is 1. The zero-order chi connectivity index (χ0) is 20.8. The van der Waals surface area contributed by atoms with Crippen LogP contribution < -0.4 is 10.1 Å². The van der Waals surface area contributed by atoms with Crippen LogP contribution in [0.1, 0.15) is 18.5 Å². The minimum absolute atomic E-state index is 0.0355. The number of hydrogen-bond donors (Lipinski definition) is 1. The second kappa shape index (κ2) is 9.71. The Hall–Kier alpha value is -2.65. The van der Waals surface area contributed by atoms with Crippen molar-refractivity contribution in [1.29, 1.82) is 0 Å². The summed E-state index contributed by atoms with van der Waals surface area (Å²) < 4.78 is 18.9. The van der Waals surface area contributed by atoms with Crippen molar-refractivity contribution in [3.05, 3.63) is 59.9 Å². The van der Waals surface area contributed by atoms with Crippen molar-refractivity contribution >= 4 is 39.8 Å². The van der Waals surface area contributed by atoms with Crippen LogP contribution in [0.3, 0.4) is 0 Å². The third-order valence-electron chi connectivity index (χ3n) is 4.39. The fraction of sp³-hybridized carbons (Fsp3) is 0.250. The zero-order valence-electron chi connectivity index (χ0n) is 16.3. The third-order valence-corrected chi connectivity index (χ3v) is 6.35. The van der Waals surface area contributed by atoms with Gasteiger partial charge in [0.05, 0.1) is 18.9 Å². The molecule has 0 bridgehead atoms. The zero-order valence-corrected chi connectivity index (χ0v) is 17.9. The van der Waals surface area contributed by atoms with Gasteiger partial charge in [-0.1, -0.05) is 35.2 Å². The summed E-state index contributed by atoms with van der Waals surface area (Å²) in [6.45, 7) is 1.91. The van der Waals surface area contributed by atoms with Gasteiger partial charge >= 0.3 is 0 Å². The van der Waals surface area contributed by atoms with E-state index in [2.05, 4.69) is 15.5 Å². The molecule has 29 heavy (non-hydrogen) atoms. The molecular formula is C20H21FN4O2S2. The second-order valence-electron chi connectivity index (χ2n) is 6.25. The normalized spacial score (nSPS) is 11.7. The van der Waals surface area contributed by atoms with Crippen LogP contribution in [0.4, 0.5) is 15.2 Å². The molecule has 0 aliphatic heterocycles. The van der Waals surface area contributed by atoms with Gasteiger partial charge in [-0.25, -0.2) is 4.39 Å². The van der Waals surface area contributed by atoms with Gasteiger partial charge in [-0.15, -0.1) is 10.2 Å². The maximum atomic E-state index is 13.1. The first kappa shape index (κ1) is 21.1. The average molecular weight is 433 g/mol. The lowest BCUT2D eigenvalue weighted by Gasteiger charge is -2.25. The highest BCUT2D eigenvalue weighted by molar-refractivity contribution is 8.01. The summed E-state index contributed by atoms with van der Waals surface area (Å²) in [4.78, 5) is 14.2. The number of amides is 1. The van der Waals surface area contributed by atoms with Crippen molar-refractivity contribution in [2.75, 3.05) is 25.2 Å². The molecule has 1 amide bonds. The molecule has 1 unspecified atom stereocenters. The van der Waals surface area contributed by atoms with Gasteiger partial charge in [0.1, 0.15) is 11.6 Å². The van der Waals surface area contributed by atoms with E-state index in [1.807, 2.05) is 31.2 Å². The highest BCUT2D eigenvalue weighted by Gasteiger charge is 2.18. The first-order valence-corrected chi connectivity index (χ1v) is 10.6. The van der Waals surface area contributed by atoms with Crippen LogP contribution >= 0.6 is 23.1 Å². The number of rotatable bonds is 8. The van der Waals surface area contributed by atoms with Crippen molar-refractivity contribution in [2.45, 2.75) is 17.3 Å². The van der Waals surface area contributed by atoms with Crippen molar-refractivity contribution in [2.24, 2.45) is 0 Å². The maximum absolute atomic E-state index is 13.1. The molecule has 0 fully saturated rings. The largest absolute Gasteiger partial charge is 0.497 e. The van der Waals surface area contributed by atoms with Gasteiger partial charge in [-0.2, -0.15) is 0 Å². The molecule has 0 spiro atoms. The Kier molecular flexibility index (Phi) is 7.05. The molecule has 0 saturated heterocycles. The number of nitrogens with one attached hydrogen (secondary N) is 1. The van der Waals surface area contributed by atoms with Gasteiger partial charge in [-0.3, -0.25) is 4.79 Å². The summed E-state index contributed by atoms with van der Waals surface area (Å²) in [5.74, 6) is 0.702. The molecule has 152 valence electrons. The Morgan fingerprint density at radius 3 is 2.55 bits per heavy atom. The predicted octanol–water partition coefficient (Wildman–Crippen LogP) is 4.74. The topological polar surface area (TPSA) is 67.3 Å². The molecule has 0 radical (unpaired) electrons. The summed E-state index contributed by atoms with van der Waals surface area (Å²) >= 11 is 2.73. The highest BCUT2D eigenvalue weighted by Crippen LogP contribution is 2.29. The molecule has 0 saturated carbocycles. The van der Waals surface area contributed by atoms with E-state index < -0.39 is 0 Å². The summed E-state index contributed by atoms with van der Waals surface area (Å²) in [6, 6.07) is 13.5. The van der Waals surface area contributed by atoms with E-state index in [1.54, 1.807) is 31.2 Å². The van der Waals surface area contributed by atoms with Crippen LogP contribution in [-0.2, 0) is 4.79 Å². The molecule has 0 aliphatic carbocycles. The molecule has 0 aliphatic rings.